The second-order valence-corrected chi connectivity index (χ2v) is 6.51. The second-order valence-electron chi connectivity index (χ2n) is 5.56. The van der Waals surface area contributed by atoms with E-state index in [1.807, 2.05) is 17.5 Å². The topological polar surface area (TPSA) is 116 Å². The van der Waals surface area contributed by atoms with Gasteiger partial charge in [0.1, 0.15) is 0 Å². The van der Waals surface area contributed by atoms with Gasteiger partial charge in [-0.2, -0.15) is 4.98 Å². The highest BCUT2D eigenvalue weighted by molar-refractivity contribution is 7.13. The third-order valence-corrected chi connectivity index (χ3v) is 4.60. The van der Waals surface area contributed by atoms with Gasteiger partial charge in [-0.3, -0.25) is 20.4 Å². The molecule has 0 unspecified atom stereocenters. The number of methoxy groups -OCH3 is 2. The molecule has 0 saturated heterocycles. The number of carbonyl (C=O) groups is 2. The van der Waals surface area contributed by atoms with Crippen molar-refractivity contribution in [3.8, 4) is 22.2 Å². The van der Waals surface area contributed by atoms with Crippen LogP contribution in [-0.4, -0.2) is 36.2 Å². The first kappa shape index (κ1) is 19.4. The lowest BCUT2D eigenvalue weighted by atomic mass is 10.2. The summed E-state index contributed by atoms with van der Waals surface area (Å²) in [4.78, 5) is 29.2. The van der Waals surface area contributed by atoms with Gasteiger partial charge in [0.25, 0.3) is 5.91 Å². The molecule has 3 rings (SSSR count). The second kappa shape index (κ2) is 9.00. The Balaban J connectivity index is 1.48. The monoisotopic (exact) mass is 402 g/mol. The molecule has 9 nitrogen and oxygen atoms in total. The lowest BCUT2D eigenvalue weighted by molar-refractivity contribution is -0.121. The summed E-state index contributed by atoms with van der Waals surface area (Å²) in [6, 6.07) is 8.47. The molecule has 28 heavy (non-hydrogen) atoms. The molecule has 10 heteroatoms. The van der Waals surface area contributed by atoms with Crippen LogP contribution in [0.15, 0.2) is 40.2 Å². The zero-order valence-corrected chi connectivity index (χ0v) is 16.0. The Morgan fingerprint density at radius 3 is 2.68 bits per heavy atom. The van der Waals surface area contributed by atoms with Gasteiger partial charge in [0, 0.05) is 18.4 Å². The van der Waals surface area contributed by atoms with Crippen molar-refractivity contribution in [2.45, 2.75) is 12.8 Å². The van der Waals surface area contributed by atoms with E-state index in [1.165, 1.54) is 31.6 Å². The summed E-state index contributed by atoms with van der Waals surface area (Å²) in [5.41, 5.74) is 5.02. The fourth-order valence-electron chi connectivity index (χ4n) is 2.32. The number of hydrogen-bond acceptors (Lipinski definition) is 8. The maximum Gasteiger partial charge on any atom is 0.269 e. The van der Waals surface area contributed by atoms with Gasteiger partial charge in [0.2, 0.25) is 17.6 Å². The van der Waals surface area contributed by atoms with E-state index < -0.39 is 5.91 Å². The van der Waals surface area contributed by atoms with E-state index in [0.29, 0.717) is 28.8 Å². The maximum absolute atomic E-state index is 12.2. The van der Waals surface area contributed by atoms with Crippen molar-refractivity contribution in [2.24, 2.45) is 0 Å². The fourth-order valence-corrected chi connectivity index (χ4v) is 2.97. The van der Waals surface area contributed by atoms with Gasteiger partial charge in [-0.15, -0.1) is 11.3 Å². The van der Waals surface area contributed by atoms with Crippen LogP contribution in [0, 0.1) is 0 Å². The lowest BCUT2D eigenvalue weighted by Gasteiger charge is -2.10. The van der Waals surface area contributed by atoms with E-state index in [9.17, 15) is 9.59 Å². The van der Waals surface area contributed by atoms with Crippen molar-refractivity contribution in [1.82, 2.24) is 21.0 Å². The molecular weight excluding hydrogens is 384 g/mol. The first-order chi connectivity index (χ1) is 13.6. The number of carbonyl (C=O) groups excluding carboxylic acids is 2. The molecule has 0 saturated carbocycles. The van der Waals surface area contributed by atoms with Crippen LogP contribution < -0.4 is 20.3 Å². The van der Waals surface area contributed by atoms with Crippen LogP contribution in [0.3, 0.4) is 0 Å². The molecule has 2 N–H and O–H groups in total. The number of amides is 2. The Kier molecular flexibility index (Phi) is 6.22. The minimum absolute atomic E-state index is 0.0816. The lowest BCUT2D eigenvalue weighted by Crippen LogP contribution is -2.41. The summed E-state index contributed by atoms with van der Waals surface area (Å²) < 4.78 is 15.4. The Morgan fingerprint density at radius 1 is 1.14 bits per heavy atom. The Bertz CT molecular complexity index is 955. The van der Waals surface area contributed by atoms with Gasteiger partial charge in [0.15, 0.2) is 11.5 Å². The van der Waals surface area contributed by atoms with E-state index in [0.717, 1.165) is 4.88 Å². The van der Waals surface area contributed by atoms with E-state index in [2.05, 4.69) is 21.0 Å². The fraction of sp³-hybridized carbons (Fsp3) is 0.222. The molecule has 0 radical (unpaired) electrons. The zero-order chi connectivity index (χ0) is 19.9. The predicted octanol–water partition coefficient (Wildman–Crippen LogP) is 2.21. The number of aromatic nitrogens is 2. The van der Waals surface area contributed by atoms with Crippen LogP contribution in [0.4, 0.5) is 0 Å². The number of thiophene rings is 1. The Hall–Kier alpha value is -3.40. The summed E-state index contributed by atoms with van der Waals surface area (Å²) in [7, 11) is 2.98. The molecule has 0 bridgehead atoms. The number of rotatable bonds is 7. The highest BCUT2D eigenvalue weighted by Crippen LogP contribution is 2.27. The molecule has 3 aromatic rings. The van der Waals surface area contributed by atoms with Crippen molar-refractivity contribution in [3.05, 3.63) is 47.2 Å². The Labute approximate surface area is 164 Å². The molecule has 0 aliphatic carbocycles. The van der Waals surface area contributed by atoms with Crippen LogP contribution in [0.25, 0.3) is 10.7 Å². The molecule has 2 amide bonds. The van der Waals surface area contributed by atoms with Gasteiger partial charge in [-0.1, -0.05) is 11.2 Å². The molecule has 0 aliphatic rings. The summed E-state index contributed by atoms with van der Waals surface area (Å²) in [6.07, 6.45) is 0.342. The van der Waals surface area contributed by atoms with Crippen LogP contribution in [-0.2, 0) is 11.2 Å². The number of nitrogens with one attached hydrogen (secondary N) is 2. The third-order valence-electron chi connectivity index (χ3n) is 3.74. The first-order valence-corrected chi connectivity index (χ1v) is 9.16. The summed E-state index contributed by atoms with van der Waals surface area (Å²) >= 11 is 1.50. The minimum Gasteiger partial charge on any atom is -0.493 e. The molecule has 2 heterocycles. The Morgan fingerprint density at radius 2 is 1.96 bits per heavy atom. The van der Waals surface area contributed by atoms with Gasteiger partial charge in [-0.25, -0.2) is 0 Å². The summed E-state index contributed by atoms with van der Waals surface area (Å²) in [5.74, 6) is 0.901. The normalized spacial score (nSPS) is 10.4. The van der Waals surface area contributed by atoms with E-state index in [-0.39, 0.29) is 18.7 Å². The largest absolute Gasteiger partial charge is 0.493 e. The van der Waals surface area contributed by atoms with E-state index in [4.69, 9.17) is 14.0 Å². The highest BCUT2D eigenvalue weighted by atomic mass is 32.1. The van der Waals surface area contributed by atoms with Crippen LogP contribution in [0.2, 0.25) is 0 Å². The smallest absolute Gasteiger partial charge is 0.269 e. The van der Waals surface area contributed by atoms with Gasteiger partial charge in [-0.05, 0) is 29.6 Å². The predicted molar refractivity (Wildman–Crippen MR) is 101 cm³/mol. The molecule has 1 aromatic carbocycles. The van der Waals surface area contributed by atoms with Crippen LogP contribution in [0.5, 0.6) is 11.5 Å². The van der Waals surface area contributed by atoms with Crippen LogP contribution >= 0.6 is 11.3 Å². The standard InChI is InChI=1S/C18H18N4O5S/c1-25-12-6-5-11(10-13(12)26-2)18(24)21-20-15(23)7-8-16-19-17(22-27-16)14-4-3-9-28-14/h3-6,9-10H,7-8H2,1-2H3,(H,20,23)(H,21,24). The average molecular weight is 402 g/mol. The molecule has 0 aliphatic heterocycles. The average Bonchev–Trinajstić information content (AvgIpc) is 3.41. The van der Waals surface area contributed by atoms with Crippen molar-refractivity contribution in [2.75, 3.05) is 14.2 Å². The number of benzene rings is 1. The van der Waals surface area contributed by atoms with Gasteiger partial charge < -0.3 is 14.0 Å². The molecular formula is C18H18N4O5S. The van der Waals surface area contributed by atoms with Crippen molar-refractivity contribution >= 4 is 23.2 Å². The van der Waals surface area contributed by atoms with Crippen molar-refractivity contribution < 1.29 is 23.6 Å². The van der Waals surface area contributed by atoms with Crippen molar-refractivity contribution in [3.63, 3.8) is 0 Å². The van der Waals surface area contributed by atoms with Gasteiger partial charge in [0.05, 0.1) is 19.1 Å². The third kappa shape index (κ3) is 4.65. The van der Waals surface area contributed by atoms with Gasteiger partial charge >= 0.3 is 0 Å². The van der Waals surface area contributed by atoms with E-state index in [1.54, 1.807) is 12.1 Å². The zero-order valence-electron chi connectivity index (χ0n) is 15.2. The van der Waals surface area contributed by atoms with Crippen molar-refractivity contribution in [1.29, 1.82) is 0 Å². The minimum atomic E-state index is -0.480. The number of nitrogens with zero attached hydrogens (tertiary/aromatic N) is 2. The SMILES string of the molecule is COc1ccc(C(=O)NNC(=O)CCc2nc(-c3cccs3)no2)cc1OC. The highest BCUT2D eigenvalue weighted by Gasteiger charge is 2.13. The number of hydrogen-bond donors (Lipinski definition) is 2. The quantitative estimate of drug-likeness (QED) is 0.582. The number of ether oxygens (including phenoxy) is 2. The molecule has 0 spiro atoms. The van der Waals surface area contributed by atoms with Crippen LogP contribution in [0.1, 0.15) is 22.7 Å². The summed E-state index contributed by atoms with van der Waals surface area (Å²) in [5, 5.41) is 5.80. The number of hydrazine groups is 1. The van der Waals surface area contributed by atoms with E-state index >= 15 is 0 Å². The molecule has 2 aromatic heterocycles. The maximum atomic E-state index is 12.2. The molecule has 0 fully saturated rings. The number of aryl methyl sites for hydroxylation is 1. The molecule has 146 valence electrons. The summed E-state index contributed by atoms with van der Waals surface area (Å²) in [6.45, 7) is 0. The first-order valence-electron chi connectivity index (χ1n) is 8.28. The molecule has 0 atom stereocenters.